The van der Waals surface area contributed by atoms with Crippen LogP contribution in [0.5, 0.6) is 0 Å². The summed E-state index contributed by atoms with van der Waals surface area (Å²) in [7, 11) is 0. The largest absolute Gasteiger partial charge is 0.318 e. The Labute approximate surface area is 130 Å². The minimum atomic E-state index is -0.679. The quantitative estimate of drug-likeness (QED) is 0.828. The molecule has 0 spiro atoms. The second-order valence-corrected chi connectivity index (χ2v) is 5.07. The van der Waals surface area contributed by atoms with E-state index in [-0.39, 0.29) is 0 Å². The third-order valence-electron chi connectivity index (χ3n) is 3.27. The highest BCUT2D eigenvalue weighted by molar-refractivity contribution is 6.43. The van der Waals surface area contributed by atoms with Gasteiger partial charge in [-0.1, -0.05) is 43.7 Å². The van der Waals surface area contributed by atoms with Crippen molar-refractivity contribution in [3.8, 4) is 0 Å². The molecule has 0 radical (unpaired) electrons. The minimum absolute atomic E-state index is 0.595. The van der Waals surface area contributed by atoms with Crippen molar-refractivity contribution in [2.45, 2.75) is 26.2 Å². The van der Waals surface area contributed by atoms with Gasteiger partial charge in [-0.05, 0) is 42.7 Å². The van der Waals surface area contributed by atoms with Gasteiger partial charge in [0.05, 0.1) is 0 Å². The van der Waals surface area contributed by atoms with Gasteiger partial charge < -0.3 is 10.6 Å². The van der Waals surface area contributed by atoms with Gasteiger partial charge in [-0.25, -0.2) is 0 Å². The number of carbonyl (C=O) groups is 2. The van der Waals surface area contributed by atoms with Crippen LogP contribution in [0.25, 0.3) is 0 Å². The molecule has 2 aromatic rings. The first-order valence-corrected chi connectivity index (χ1v) is 7.45. The maximum atomic E-state index is 11.9. The maximum absolute atomic E-state index is 11.9. The van der Waals surface area contributed by atoms with Crippen molar-refractivity contribution in [1.29, 1.82) is 0 Å². The molecule has 0 atom stereocenters. The van der Waals surface area contributed by atoms with E-state index in [9.17, 15) is 9.59 Å². The molecule has 0 aliphatic carbocycles. The van der Waals surface area contributed by atoms with E-state index >= 15 is 0 Å². The van der Waals surface area contributed by atoms with Gasteiger partial charge in [0.25, 0.3) is 0 Å². The van der Waals surface area contributed by atoms with Crippen molar-refractivity contribution in [2.24, 2.45) is 0 Å². The van der Waals surface area contributed by atoms with Crippen LogP contribution in [0.15, 0.2) is 54.6 Å². The predicted octanol–water partition coefficient (Wildman–Crippen LogP) is 3.61. The Balaban J connectivity index is 1.89. The summed E-state index contributed by atoms with van der Waals surface area (Å²) in [5.74, 6) is -1.36. The molecule has 22 heavy (non-hydrogen) atoms. The topological polar surface area (TPSA) is 58.2 Å². The van der Waals surface area contributed by atoms with E-state index in [1.807, 2.05) is 30.3 Å². The lowest BCUT2D eigenvalue weighted by molar-refractivity contribution is -0.132. The fourth-order valence-electron chi connectivity index (χ4n) is 2.03. The van der Waals surface area contributed by atoms with Gasteiger partial charge in [-0.15, -0.1) is 0 Å². The molecule has 4 heteroatoms. The number of nitrogens with one attached hydrogen (secondary N) is 2. The average Bonchev–Trinajstić information content (AvgIpc) is 2.55. The second-order valence-electron chi connectivity index (χ2n) is 5.07. The van der Waals surface area contributed by atoms with Crippen LogP contribution in [-0.2, 0) is 16.0 Å². The number of anilines is 2. The summed E-state index contributed by atoms with van der Waals surface area (Å²) in [5.41, 5.74) is 2.44. The lowest BCUT2D eigenvalue weighted by atomic mass is 10.1. The van der Waals surface area contributed by atoms with Crippen molar-refractivity contribution in [1.82, 2.24) is 0 Å². The van der Waals surface area contributed by atoms with Crippen molar-refractivity contribution < 1.29 is 9.59 Å². The zero-order valence-electron chi connectivity index (χ0n) is 12.6. The Morgan fingerprint density at radius 2 is 1.36 bits per heavy atom. The van der Waals surface area contributed by atoms with Crippen molar-refractivity contribution in [3.63, 3.8) is 0 Å². The molecule has 0 saturated carbocycles. The van der Waals surface area contributed by atoms with Crippen LogP contribution in [0.2, 0.25) is 0 Å². The van der Waals surface area contributed by atoms with E-state index in [1.54, 1.807) is 24.3 Å². The van der Waals surface area contributed by atoms with E-state index in [0.29, 0.717) is 11.4 Å². The smallest absolute Gasteiger partial charge is 0.314 e. The van der Waals surface area contributed by atoms with Crippen LogP contribution >= 0.6 is 0 Å². The molecule has 114 valence electrons. The first kappa shape index (κ1) is 15.8. The number of carbonyl (C=O) groups excluding carboxylic acids is 2. The van der Waals surface area contributed by atoms with Gasteiger partial charge >= 0.3 is 11.8 Å². The van der Waals surface area contributed by atoms with E-state index in [4.69, 9.17) is 0 Å². The van der Waals surface area contributed by atoms with Crippen LogP contribution in [0.3, 0.4) is 0 Å². The van der Waals surface area contributed by atoms with Gasteiger partial charge in [0.1, 0.15) is 0 Å². The summed E-state index contributed by atoms with van der Waals surface area (Å²) in [5, 5.41) is 5.14. The first-order valence-electron chi connectivity index (χ1n) is 7.45. The average molecular weight is 296 g/mol. The minimum Gasteiger partial charge on any atom is -0.318 e. The Bertz CT molecular complexity index is 621. The maximum Gasteiger partial charge on any atom is 0.314 e. The van der Waals surface area contributed by atoms with Crippen molar-refractivity contribution in [2.75, 3.05) is 10.6 Å². The molecule has 2 N–H and O–H groups in total. The van der Waals surface area contributed by atoms with Crippen LogP contribution in [0.1, 0.15) is 25.3 Å². The highest BCUT2D eigenvalue weighted by Gasteiger charge is 2.13. The normalized spacial score (nSPS) is 10.0. The molecular formula is C18H20N2O2. The van der Waals surface area contributed by atoms with Crippen LogP contribution in [0, 0.1) is 0 Å². The van der Waals surface area contributed by atoms with Crippen LogP contribution in [-0.4, -0.2) is 11.8 Å². The molecule has 0 aromatic heterocycles. The van der Waals surface area contributed by atoms with Gasteiger partial charge in [0, 0.05) is 11.4 Å². The number of unbranched alkanes of at least 4 members (excludes halogenated alkanes) is 1. The molecule has 2 rings (SSSR count). The molecule has 0 fully saturated rings. The van der Waals surface area contributed by atoms with Crippen LogP contribution < -0.4 is 10.6 Å². The number of para-hydroxylation sites is 1. The summed E-state index contributed by atoms with van der Waals surface area (Å²) in [4.78, 5) is 23.7. The molecule has 0 aliphatic rings. The molecule has 0 heterocycles. The van der Waals surface area contributed by atoms with E-state index in [2.05, 4.69) is 17.6 Å². The number of aryl methyl sites for hydroxylation is 1. The van der Waals surface area contributed by atoms with Gasteiger partial charge in [0.15, 0.2) is 0 Å². The number of hydrogen-bond donors (Lipinski definition) is 2. The van der Waals surface area contributed by atoms with Gasteiger partial charge in [0.2, 0.25) is 0 Å². The summed E-state index contributed by atoms with van der Waals surface area (Å²) in [6, 6.07) is 16.5. The molecule has 2 aromatic carbocycles. The summed E-state index contributed by atoms with van der Waals surface area (Å²) >= 11 is 0. The Kier molecular flexibility index (Phi) is 5.72. The van der Waals surface area contributed by atoms with Gasteiger partial charge in [-0.3, -0.25) is 9.59 Å². The van der Waals surface area contributed by atoms with Crippen molar-refractivity contribution >= 4 is 23.2 Å². The number of hydrogen-bond acceptors (Lipinski definition) is 2. The summed E-state index contributed by atoms with van der Waals surface area (Å²) in [6.45, 7) is 2.15. The Hall–Kier alpha value is -2.62. The fraction of sp³-hybridized carbons (Fsp3) is 0.222. The van der Waals surface area contributed by atoms with Gasteiger partial charge in [-0.2, -0.15) is 0 Å². The standard InChI is InChI=1S/C18H20N2O2/c1-2-3-7-14-10-12-16(13-11-14)20-18(22)17(21)19-15-8-5-4-6-9-15/h4-6,8-13H,2-3,7H2,1H3,(H,19,21)(H,20,22). The summed E-state index contributed by atoms with van der Waals surface area (Å²) in [6.07, 6.45) is 3.32. The first-order chi connectivity index (χ1) is 10.7. The molecule has 0 bridgehead atoms. The molecule has 0 unspecified atom stereocenters. The zero-order valence-corrected chi connectivity index (χ0v) is 12.6. The number of benzene rings is 2. The second kappa shape index (κ2) is 7.98. The number of rotatable bonds is 5. The highest BCUT2D eigenvalue weighted by atomic mass is 16.2. The number of amides is 2. The zero-order chi connectivity index (χ0) is 15.8. The molecule has 2 amide bonds. The third-order valence-corrected chi connectivity index (χ3v) is 3.27. The van der Waals surface area contributed by atoms with E-state index in [1.165, 1.54) is 5.56 Å². The molecular weight excluding hydrogens is 276 g/mol. The SMILES string of the molecule is CCCCc1ccc(NC(=O)C(=O)Nc2ccccc2)cc1. The predicted molar refractivity (Wildman–Crippen MR) is 88.8 cm³/mol. The lowest BCUT2D eigenvalue weighted by Gasteiger charge is -2.07. The van der Waals surface area contributed by atoms with E-state index in [0.717, 1.165) is 19.3 Å². The fourth-order valence-corrected chi connectivity index (χ4v) is 2.03. The molecule has 4 nitrogen and oxygen atoms in total. The highest BCUT2D eigenvalue weighted by Crippen LogP contribution is 2.12. The Morgan fingerprint density at radius 1 is 0.818 bits per heavy atom. The summed E-state index contributed by atoms with van der Waals surface area (Å²) < 4.78 is 0. The third kappa shape index (κ3) is 4.74. The van der Waals surface area contributed by atoms with E-state index < -0.39 is 11.8 Å². The molecule has 0 aliphatic heterocycles. The monoisotopic (exact) mass is 296 g/mol. The van der Waals surface area contributed by atoms with Crippen LogP contribution in [0.4, 0.5) is 11.4 Å². The molecule has 0 saturated heterocycles. The van der Waals surface area contributed by atoms with Crippen molar-refractivity contribution in [3.05, 3.63) is 60.2 Å². The Morgan fingerprint density at radius 3 is 1.91 bits per heavy atom. The lowest BCUT2D eigenvalue weighted by Crippen LogP contribution is -2.29.